The molecular weight excluding hydrogens is 425 g/mol. The fraction of sp³-hybridized carbons (Fsp3) is 0.524. The van der Waals surface area contributed by atoms with E-state index in [0.29, 0.717) is 43.5 Å². The number of aromatic nitrogens is 3. The maximum Gasteiger partial charge on any atom is 0.424 e. The summed E-state index contributed by atoms with van der Waals surface area (Å²) >= 11 is 0. The van der Waals surface area contributed by atoms with E-state index in [-0.39, 0.29) is 24.9 Å². The van der Waals surface area contributed by atoms with Crippen LogP contribution in [0.5, 0.6) is 0 Å². The van der Waals surface area contributed by atoms with Crippen molar-refractivity contribution in [3.63, 3.8) is 0 Å². The number of carbonyl (C=O) groups excluding carboxylic acids is 1. The number of halogens is 3. The summed E-state index contributed by atoms with van der Waals surface area (Å²) in [4.78, 5) is 24.9. The summed E-state index contributed by atoms with van der Waals surface area (Å²) in [6.07, 6.45) is -1.44. The summed E-state index contributed by atoms with van der Waals surface area (Å²) in [5.74, 6) is -0.0848. The Labute approximate surface area is 182 Å². The van der Waals surface area contributed by atoms with Gasteiger partial charge in [0.05, 0.1) is 36.0 Å². The Bertz CT molecular complexity index is 1060. The number of nitrogens with zero attached hydrogens (tertiary/aromatic N) is 6. The van der Waals surface area contributed by atoms with Gasteiger partial charge in [0.2, 0.25) is 11.5 Å². The average Bonchev–Trinajstić information content (AvgIpc) is 3.40. The summed E-state index contributed by atoms with van der Waals surface area (Å²) in [5.41, 5.74) is -2.16. The average molecular weight is 448 g/mol. The lowest BCUT2D eigenvalue weighted by molar-refractivity contribution is -0.263. The summed E-state index contributed by atoms with van der Waals surface area (Å²) in [6.45, 7) is 3.90. The second-order valence-electron chi connectivity index (χ2n) is 8.53. The highest BCUT2D eigenvalue weighted by Crippen LogP contribution is 2.40. The molecular formula is C21H23F3N6O2. The molecule has 2 aromatic heterocycles. The topological polar surface area (TPSA) is 98.3 Å². The Hall–Kier alpha value is -3.13. The van der Waals surface area contributed by atoms with Gasteiger partial charge in [0.1, 0.15) is 11.9 Å². The van der Waals surface area contributed by atoms with Crippen LogP contribution in [-0.4, -0.2) is 56.3 Å². The molecule has 0 radical (unpaired) electrons. The van der Waals surface area contributed by atoms with E-state index in [1.54, 1.807) is 24.0 Å². The van der Waals surface area contributed by atoms with E-state index in [2.05, 4.69) is 9.97 Å². The van der Waals surface area contributed by atoms with Crippen LogP contribution in [0.15, 0.2) is 24.5 Å². The fourth-order valence-corrected chi connectivity index (χ4v) is 4.39. The van der Waals surface area contributed by atoms with Crippen LogP contribution in [0.3, 0.4) is 0 Å². The molecule has 3 atom stereocenters. The van der Waals surface area contributed by atoms with Crippen molar-refractivity contribution in [3.8, 4) is 6.07 Å². The van der Waals surface area contributed by atoms with Gasteiger partial charge < -0.3 is 19.5 Å². The first-order valence-electron chi connectivity index (χ1n) is 10.3. The molecule has 4 rings (SSSR count). The smallest absolute Gasteiger partial charge is 0.374 e. The largest absolute Gasteiger partial charge is 0.424 e. The highest BCUT2D eigenvalue weighted by atomic mass is 19.4. The lowest BCUT2D eigenvalue weighted by atomic mass is 10.0. The predicted octanol–water partition coefficient (Wildman–Crippen LogP) is 2.35. The Morgan fingerprint density at radius 1 is 1.25 bits per heavy atom. The van der Waals surface area contributed by atoms with Crippen molar-refractivity contribution in [3.05, 3.63) is 41.6 Å². The summed E-state index contributed by atoms with van der Waals surface area (Å²) in [6, 6.07) is 4.98. The number of rotatable bonds is 3. The SMILES string of the molecule is C[C@H]1CN(C(=O)[C@H]2CCN(c3ccc(C#N)cn3)C2)Cc2cnc(C(C)(O)C(F)(F)F)n21. The number of aliphatic hydroxyl groups is 1. The Balaban J connectivity index is 1.48. The second-order valence-corrected chi connectivity index (χ2v) is 8.53. The molecule has 170 valence electrons. The van der Waals surface area contributed by atoms with E-state index in [9.17, 15) is 23.1 Å². The lowest BCUT2D eigenvalue weighted by Crippen LogP contribution is -2.47. The molecule has 1 amide bonds. The molecule has 1 unspecified atom stereocenters. The van der Waals surface area contributed by atoms with Gasteiger partial charge in [-0.1, -0.05) is 0 Å². The van der Waals surface area contributed by atoms with Crippen molar-refractivity contribution < 1.29 is 23.1 Å². The third-order valence-electron chi connectivity index (χ3n) is 6.19. The predicted molar refractivity (Wildman–Crippen MR) is 107 cm³/mol. The lowest BCUT2D eigenvalue weighted by Gasteiger charge is -2.37. The Morgan fingerprint density at radius 3 is 2.62 bits per heavy atom. The number of imidazole rings is 1. The summed E-state index contributed by atoms with van der Waals surface area (Å²) in [5, 5.41) is 19.0. The molecule has 1 saturated heterocycles. The van der Waals surface area contributed by atoms with Crippen molar-refractivity contribution in [2.24, 2.45) is 5.92 Å². The number of amides is 1. The molecule has 2 aromatic rings. The number of anilines is 1. The molecule has 32 heavy (non-hydrogen) atoms. The van der Waals surface area contributed by atoms with Gasteiger partial charge in [0, 0.05) is 25.8 Å². The molecule has 0 aliphatic carbocycles. The molecule has 0 spiro atoms. The third kappa shape index (κ3) is 3.68. The van der Waals surface area contributed by atoms with Crippen LogP contribution in [0.25, 0.3) is 0 Å². The number of alkyl halides is 3. The summed E-state index contributed by atoms with van der Waals surface area (Å²) in [7, 11) is 0. The highest BCUT2D eigenvalue weighted by Gasteiger charge is 2.55. The van der Waals surface area contributed by atoms with Crippen molar-refractivity contribution >= 4 is 11.7 Å². The van der Waals surface area contributed by atoms with E-state index in [4.69, 9.17) is 5.26 Å². The fourth-order valence-electron chi connectivity index (χ4n) is 4.39. The van der Waals surface area contributed by atoms with Gasteiger partial charge >= 0.3 is 6.18 Å². The van der Waals surface area contributed by atoms with E-state index in [1.807, 2.05) is 11.0 Å². The summed E-state index contributed by atoms with van der Waals surface area (Å²) < 4.78 is 41.4. The molecule has 0 aromatic carbocycles. The van der Waals surface area contributed by atoms with Crippen molar-refractivity contribution in [2.75, 3.05) is 24.5 Å². The number of hydrogen-bond acceptors (Lipinski definition) is 6. The second kappa shape index (κ2) is 7.78. The van der Waals surface area contributed by atoms with E-state index in [0.717, 1.165) is 0 Å². The molecule has 2 aliphatic rings. The van der Waals surface area contributed by atoms with Gasteiger partial charge in [-0.3, -0.25) is 4.79 Å². The number of carbonyl (C=O) groups is 1. The zero-order valence-corrected chi connectivity index (χ0v) is 17.7. The van der Waals surface area contributed by atoms with Crippen LogP contribution < -0.4 is 4.90 Å². The molecule has 4 heterocycles. The highest BCUT2D eigenvalue weighted by molar-refractivity contribution is 5.80. The van der Waals surface area contributed by atoms with Gasteiger partial charge in [0.15, 0.2) is 5.82 Å². The molecule has 11 heteroatoms. The Kier molecular flexibility index (Phi) is 5.36. The third-order valence-corrected chi connectivity index (χ3v) is 6.19. The monoisotopic (exact) mass is 448 g/mol. The first-order chi connectivity index (χ1) is 15.0. The molecule has 0 saturated carbocycles. The van der Waals surface area contributed by atoms with Crippen LogP contribution >= 0.6 is 0 Å². The standard InChI is InChI=1S/C21H23F3N6O2/c1-13-10-29(12-16-9-27-19(30(13)16)20(2,32)21(22,23)24)18(31)15-5-6-28(11-15)17-4-3-14(7-25)8-26-17/h3-4,8-9,13,15,32H,5-6,10-12H2,1-2H3/t13-,15-,20?/m0/s1. The first-order valence-corrected chi connectivity index (χ1v) is 10.3. The number of nitriles is 1. The molecule has 1 fully saturated rings. The molecule has 2 aliphatic heterocycles. The van der Waals surface area contributed by atoms with Crippen LogP contribution in [0.2, 0.25) is 0 Å². The zero-order valence-electron chi connectivity index (χ0n) is 17.7. The maximum atomic E-state index is 13.3. The minimum absolute atomic E-state index is 0.0652. The minimum atomic E-state index is -4.87. The van der Waals surface area contributed by atoms with Crippen molar-refractivity contribution in [2.45, 2.75) is 44.6 Å². The van der Waals surface area contributed by atoms with Gasteiger partial charge in [0.25, 0.3) is 0 Å². The van der Waals surface area contributed by atoms with Gasteiger partial charge in [-0.25, -0.2) is 9.97 Å². The van der Waals surface area contributed by atoms with Crippen molar-refractivity contribution in [1.82, 2.24) is 19.4 Å². The van der Waals surface area contributed by atoms with Crippen LogP contribution in [0.1, 0.15) is 43.4 Å². The maximum absolute atomic E-state index is 13.3. The molecule has 1 N–H and O–H groups in total. The van der Waals surface area contributed by atoms with E-state index in [1.165, 1.54) is 17.0 Å². The number of hydrogen-bond donors (Lipinski definition) is 1. The molecule has 8 nitrogen and oxygen atoms in total. The minimum Gasteiger partial charge on any atom is -0.374 e. The van der Waals surface area contributed by atoms with E-state index >= 15 is 0 Å². The van der Waals surface area contributed by atoms with Gasteiger partial charge in [-0.15, -0.1) is 0 Å². The van der Waals surface area contributed by atoms with Crippen LogP contribution in [0, 0.1) is 17.2 Å². The van der Waals surface area contributed by atoms with Gasteiger partial charge in [-0.05, 0) is 32.4 Å². The number of fused-ring (bicyclic) bond motifs is 1. The Morgan fingerprint density at radius 2 is 2.00 bits per heavy atom. The quantitative estimate of drug-likeness (QED) is 0.774. The molecule has 0 bridgehead atoms. The van der Waals surface area contributed by atoms with E-state index < -0.39 is 23.6 Å². The zero-order chi connectivity index (χ0) is 23.3. The van der Waals surface area contributed by atoms with Crippen molar-refractivity contribution in [1.29, 1.82) is 5.26 Å². The first kappa shape index (κ1) is 22.1. The van der Waals surface area contributed by atoms with Gasteiger partial charge in [-0.2, -0.15) is 18.4 Å². The number of pyridine rings is 1. The van der Waals surface area contributed by atoms with Crippen LogP contribution in [0.4, 0.5) is 19.0 Å². The normalized spacial score (nSPS) is 22.9. The van der Waals surface area contributed by atoms with Crippen LogP contribution in [-0.2, 0) is 16.9 Å².